The second-order valence-corrected chi connectivity index (χ2v) is 16.4. The molecule has 326 valence electrons. The summed E-state index contributed by atoms with van der Waals surface area (Å²) in [4.78, 5) is 51.6. The molecule has 0 atom stereocenters. The van der Waals surface area contributed by atoms with E-state index in [4.69, 9.17) is 18.9 Å². The van der Waals surface area contributed by atoms with Crippen LogP contribution in [0.5, 0.6) is 0 Å². The number of ether oxygens (including phenoxy) is 4. The predicted molar refractivity (Wildman–Crippen MR) is 240 cm³/mol. The molecule has 2 N–H and O–H groups in total. The Hall–Kier alpha value is -6.23. The van der Waals surface area contributed by atoms with Gasteiger partial charge in [-0.1, -0.05) is 83.9 Å². The van der Waals surface area contributed by atoms with Gasteiger partial charge in [-0.15, -0.1) is 0 Å². The van der Waals surface area contributed by atoms with E-state index >= 15 is 0 Å². The predicted octanol–water partition coefficient (Wildman–Crippen LogP) is 5.77. The van der Waals surface area contributed by atoms with Crippen molar-refractivity contribution in [2.45, 2.75) is 32.0 Å². The number of fused-ring (bicyclic) bond motifs is 2. The molecular weight excluding hydrogens is 860 g/mol. The van der Waals surface area contributed by atoms with Crippen LogP contribution in [-0.2, 0) is 42.3 Å². The van der Waals surface area contributed by atoms with Gasteiger partial charge in [0.2, 0.25) is 0 Å². The molecule has 7 aromatic rings. The average molecular weight is 903 g/mol. The molecule has 7 rings (SSSR count). The summed E-state index contributed by atoms with van der Waals surface area (Å²) in [5, 5.41) is 8.08. The molecule has 2 amide bonds. The second-order valence-electron chi connectivity index (χ2n) is 15.0. The van der Waals surface area contributed by atoms with Gasteiger partial charge in [-0.05, 0) is 113 Å². The Morgan fingerprint density at radius 3 is 1.26 bits per heavy atom. The van der Waals surface area contributed by atoms with Gasteiger partial charge in [-0.25, -0.2) is 18.0 Å². The third-order valence-electron chi connectivity index (χ3n) is 10.1. The first kappa shape index (κ1) is 48.2. The van der Waals surface area contributed by atoms with Crippen LogP contribution >= 0.6 is 0 Å². The van der Waals surface area contributed by atoms with E-state index in [0.29, 0.717) is 57.3 Å². The Morgan fingerprint density at radius 2 is 0.862 bits per heavy atom. The standard InChI is InChI=1S/C50H44N2O11S.Na/c1-32-3-7-34(8-4-32)30-60-19-21-62-49(55)40-13-11-38-26-44(17-15-36(38)23-40)51-47(53)42-25-43(29-46(28-42)64(57,58)59)48(54)52-45-18-16-37-24-41(14-12-39(37)27-45)50(56)63-22-20-61-31-35-9-5-33(2)6-10-35;/h3-18,23-29H,19-22,30-31H2,1-2H3,(H,51,53)(H,52,54)(H,57,58,59);/q;+1/p-1. The van der Waals surface area contributed by atoms with Gasteiger partial charge < -0.3 is 34.1 Å². The molecule has 0 aromatic heterocycles. The molecule has 0 aliphatic heterocycles. The van der Waals surface area contributed by atoms with E-state index < -0.39 is 38.8 Å². The summed E-state index contributed by atoms with van der Waals surface area (Å²) in [5.41, 5.74) is 5.15. The third kappa shape index (κ3) is 13.4. The average Bonchev–Trinajstić information content (AvgIpc) is 3.29. The van der Waals surface area contributed by atoms with E-state index in [1.807, 2.05) is 62.4 Å². The number of benzene rings is 7. The molecule has 0 heterocycles. The fourth-order valence-corrected chi connectivity index (χ4v) is 7.16. The number of nitrogens with one attached hydrogen (secondary N) is 2. The molecule has 0 spiro atoms. The van der Waals surface area contributed by atoms with Crippen LogP contribution in [0.25, 0.3) is 21.5 Å². The number of hydrogen-bond donors (Lipinski definition) is 2. The maximum Gasteiger partial charge on any atom is 1.00 e. The summed E-state index contributed by atoms with van der Waals surface area (Å²) in [7, 11) is -5.08. The van der Waals surface area contributed by atoms with Gasteiger partial charge >= 0.3 is 41.5 Å². The Morgan fingerprint density at radius 1 is 0.477 bits per heavy atom. The summed E-state index contributed by atoms with van der Waals surface area (Å²) in [6, 6.07) is 38.6. The van der Waals surface area contributed by atoms with Crippen LogP contribution in [0.4, 0.5) is 11.4 Å². The van der Waals surface area contributed by atoms with Crippen LogP contribution in [0, 0.1) is 13.8 Å². The molecule has 0 fully saturated rings. The molecule has 65 heavy (non-hydrogen) atoms. The van der Waals surface area contributed by atoms with E-state index in [2.05, 4.69) is 10.6 Å². The van der Waals surface area contributed by atoms with Crippen molar-refractivity contribution in [3.8, 4) is 0 Å². The van der Waals surface area contributed by atoms with Gasteiger partial charge in [0.15, 0.2) is 0 Å². The fraction of sp³-hybridized carbons (Fsp3) is 0.160. The van der Waals surface area contributed by atoms with Crippen molar-refractivity contribution in [1.82, 2.24) is 0 Å². The van der Waals surface area contributed by atoms with Crippen LogP contribution in [0.2, 0.25) is 0 Å². The monoisotopic (exact) mass is 902 g/mol. The number of carbonyl (C=O) groups is 4. The minimum atomic E-state index is -5.08. The summed E-state index contributed by atoms with van der Waals surface area (Å²) < 4.78 is 58.4. The van der Waals surface area contributed by atoms with Crippen LogP contribution in [0.15, 0.2) is 144 Å². The smallest absolute Gasteiger partial charge is 0.744 e. The summed E-state index contributed by atoms with van der Waals surface area (Å²) >= 11 is 0. The van der Waals surface area contributed by atoms with Gasteiger partial charge in [0.25, 0.3) is 11.8 Å². The Balaban J connectivity index is 0.00000700. The van der Waals surface area contributed by atoms with Crippen LogP contribution in [-0.4, -0.2) is 63.2 Å². The normalized spacial score (nSPS) is 11.1. The fourth-order valence-electron chi connectivity index (χ4n) is 6.61. The minimum absolute atomic E-state index is 0. The van der Waals surface area contributed by atoms with Crippen molar-refractivity contribution in [3.63, 3.8) is 0 Å². The number of rotatable bonds is 17. The van der Waals surface area contributed by atoms with E-state index in [-0.39, 0.29) is 67.1 Å². The quantitative estimate of drug-likeness (QED) is 0.0489. The summed E-state index contributed by atoms with van der Waals surface area (Å²) in [5.74, 6) is -2.60. The number of esters is 2. The molecule has 0 bridgehead atoms. The zero-order valence-corrected chi connectivity index (χ0v) is 38.7. The van der Waals surface area contributed by atoms with Crippen molar-refractivity contribution in [2.75, 3.05) is 37.1 Å². The first-order valence-electron chi connectivity index (χ1n) is 20.2. The second kappa shape index (κ2) is 22.1. The third-order valence-corrected chi connectivity index (χ3v) is 10.9. The van der Waals surface area contributed by atoms with Gasteiger partial charge in [-0.2, -0.15) is 0 Å². The van der Waals surface area contributed by atoms with E-state index in [0.717, 1.165) is 34.4 Å². The van der Waals surface area contributed by atoms with Crippen molar-refractivity contribution >= 4 is 66.8 Å². The van der Waals surface area contributed by atoms with Crippen LogP contribution < -0.4 is 40.2 Å². The minimum Gasteiger partial charge on any atom is -0.744 e. The van der Waals surface area contributed by atoms with E-state index in [1.165, 1.54) is 6.07 Å². The molecule has 0 aliphatic rings. The Labute approximate surface area is 398 Å². The van der Waals surface area contributed by atoms with E-state index in [1.54, 1.807) is 72.8 Å². The first-order chi connectivity index (χ1) is 30.8. The summed E-state index contributed by atoms with van der Waals surface area (Å²) in [6.07, 6.45) is 0. The Bertz CT molecular complexity index is 2790. The molecule has 0 radical (unpaired) electrons. The molecular formula is C50H43N2NaO11S. The molecule has 7 aromatic carbocycles. The largest absolute Gasteiger partial charge is 1.00 e. The Kier molecular flexibility index (Phi) is 16.4. The topological polar surface area (TPSA) is 186 Å². The van der Waals surface area contributed by atoms with Crippen molar-refractivity contribution < 1.29 is 80.7 Å². The molecule has 13 nitrogen and oxygen atoms in total. The van der Waals surface area contributed by atoms with Crippen molar-refractivity contribution in [1.29, 1.82) is 0 Å². The molecule has 0 saturated carbocycles. The number of aryl methyl sites for hydroxylation is 2. The van der Waals surface area contributed by atoms with Crippen molar-refractivity contribution in [2.24, 2.45) is 0 Å². The number of carbonyl (C=O) groups excluding carboxylic acids is 4. The molecule has 0 aliphatic carbocycles. The maximum absolute atomic E-state index is 13.5. The molecule has 15 heteroatoms. The van der Waals surface area contributed by atoms with Crippen LogP contribution in [0.1, 0.15) is 63.7 Å². The van der Waals surface area contributed by atoms with Gasteiger partial charge in [0.1, 0.15) is 23.3 Å². The number of anilines is 2. The SMILES string of the molecule is Cc1ccc(COCCOC(=O)c2ccc3cc(NC(=O)c4cc(C(=O)Nc5ccc6cc(C(=O)OCCOCc7ccc(C)cc7)ccc6c5)cc(S(=O)(=O)[O-])c4)ccc3c2)cc1.[Na+]. The number of amides is 2. The van der Waals surface area contributed by atoms with Crippen molar-refractivity contribution in [3.05, 3.63) is 184 Å². The van der Waals surface area contributed by atoms with Crippen LogP contribution in [0.3, 0.4) is 0 Å². The zero-order chi connectivity index (χ0) is 45.2. The van der Waals surface area contributed by atoms with E-state index in [9.17, 15) is 32.1 Å². The molecule has 0 saturated heterocycles. The van der Waals surface area contributed by atoms with Gasteiger partial charge in [-0.3, -0.25) is 9.59 Å². The summed E-state index contributed by atoms with van der Waals surface area (Å²) in [6.45, 7) is 5.42. The first-order valence-corrected chi connectivity index (χ1v) is 21.6. The van der Waals surface area contributed by atoms with Gasteiger partial charge in [0, 0.05) is 22.5 Å². The molecule has 0 unspecified atom stereocenters. The number of hydrogen-bond acceptors (Lipinski definition) is 11. The zero-order valence-electron chi connectivity index (χ0n) is 35.9. The maximum atomic E-state index is 13.5. The van der Waals surface area contributed by atoms with Gasteiger partial charge in [0.05, 0.1) is 42.4 Å².